The molecular formula is C68H71F3N8O8S2. The number of anilines is 2. The van der Waals surface area contributed by atoms with E-state index in [0.29, 0.717) is 58.5 Å². The highest BCUT2D eigenvalue weighted by Crippen LogP contribution is 2.41. The molecule has 0 bridgehead atoms. The first-order valence-corrected chi connectivity index (χ1v) is 31.2. The topological polar surface area (TPSA) is 205 Å². The van der Waals surface area contributed by atoms with Gasteiger partial charge >= 0.3 is 12.1 Å². The summed E-state index contributed by atoms with van der Waals surface area (Å²) in [5.74, 6) is -3.84. The minimum Gasteiger partial charge on any atom is -0.457 e. The van der Waals surface area contributed by atoms with Crippen LogP contribution in [0.4, 0.5) is 24.1 Å². The Labute approximate surface area is 522 Å². The molecular weight excluding hydrogens is 1180 g/mol. The monoisotopic (exact) mass is 1250 g/mol. The van der Waals surface area contributed by atoms with E-state index in [2.05, 4.69) is 25.9 Å². The Bertz CT molecular complexity index is 3920. The van der Waals surface area contributed by atoms with Gasteiger partial charge in [-0.15, -0.1) is 11.3 Å². The molecule has 2 aliphatic rings. The van der Waals surface area contributed by atoms with Crippen molar-refractivity contribution < 1.29 is 51.7 Å². The van der Waals surface area contributed by atoms with Crippen molar-refractivity contribution in [2.24, 2.45) is 5.41 Å². The number of aryl methyl sites for hydroxylation is 1. The number of β-amino-alcohol motifs (C(OH)–C–C–N with tert-alkyl or cyclic N) is 1. The number of pyridine rings is 1. The predicted octanol–water partition coefficient (Wildman–Crippen LogP) is 13.5. The smallest absolute Gasteiger partial charge is 0.395 e. The highest BCUT2D eigenvalue weighted by Gasteiger charge is 2.46. The molecule has 21 heteroatoms. The molecule has 3 aromatic heterocycles. The number of para-hydroxylation sites is 1. The lowest BCUT2D eigenvalue weighted by Crippen LogP contribution is -2.57. The van der Waals surface area contributed by atoms with E-state index in [0.717, 1.165) is 43.0 Å². The van der Waals surface area contributed by atoms with E-state index < -0.39 is 83.9 Å². The molecule has 2 aliphatic heterocycles. The van der Waals surface area contributed by atoms with Crippen molar-refractivity contribution in [1.29, 1.82) is 0 Å². The van der Waals surface area contributed by atoms with Crippen LogP contribution in [0, 0.1) is 19.3 Å². The van der Waals surface area contributed by atoms with Crippen molar-refractivity contribution in [3.05, 3.63) is 172 Å². The van der Waals surface area contributed by atoms with Gasteiger partial charge in [0.2, 0.25) is 17.7 Å². The number of likely N-dealkylation sites (tertiary alicyclic amines) is 1. The van der Waals surface area contributed by atoms with E-state index in [1.165, 1.54) is 51.8 Å². The molecule has 10 rings (SSSR count). The van der Waals surface area contributed by atoms with Crippen LogP contribution < -0.4 is 25.6 Å². The van der Waals surface area contributed by atoms with Crippen LogP contribution in [0.2, 0.25) is 0 Å². The number of benzene rings is 5. The van der Waals surface area contributed by atoms with E-state index in [1.807, 2.05) is 91.5 Å². The zero-order chi connectivity index (χ0) is 63.7. The van der Waals surface area contributed by atoms with Gasteiger partial charge < -0.3 is 35.0 Å². The number of ether oxygens (including phenoxy) is 2. The molecule has 5 atom stereocenters. The molecule has 16 nitrogen and oxygen atoms in total. The first kappa shape index (κ1) is 63.5. The third kappa shape index (κ3) is 14.6. The van der Waals surface area contributed by atoms with Crippen molar-refractivity contribution >= 4 is 73.4 Å². The Hall–Kier alpha value is -8.53. The van der Waals surface area contributed by atoms with Crippen molar-refractivity contribution in [2.45, 2.75) is 136 Å². The van der Waals surface area contributed by atoms with E-state index in [9.17, 15) is 42.3 Å². The van der Waals surface area contributed by atoms with Crippen LogP contribution in [0.5, 0.6) is 11.5 Å². The molecule has 4 amide bonds. The largest absolute Gasteiger partial charge is 0.457 e. The minimum atomic E-state index is -4.76. The molecule has 1 saturated heterocycles. The van der Waals surface area contributed by atoms with Gasteiger partial charge in [-0.25, -0.2) is 19.7 Å². The number of rotatable bonds is 17. The van der Waals surface area contributed by atoms with Gasteiger partial charge in [0.1, 0.15) is 35.0 Å². The number of fused-ring (bicyclic) bond motifs is 2. The molecule has 2 unspecified atom stereocenters. The minimum absolute atomic E-state index is 0.0400. The van der Waals surface area contributed by atoms with Gasteiger partial charge in [0.25, 0.3) is 5.91 Å². The second kappa shape index (κ2) is 25.9. The summed E-state index contributed by atoms with van der Waals surface area (Å²) < 4.78 is 58.1. The number of alkyl halides is 3. The Morgan fingerprint density at radius 2 is 1.53 bits per heavy atom. The number of nitrogens with one attached hydrogen (secondary N) is 3. The van der Waals surface area contributed by atoms with Crippen LogP contribution >= 0.6 is 22.7 Å². The number of aliphatic hydroxyl groups is 1. The molecule has 464 valence electrons. The number of carbonyl (C=O) groups is 5. The van der Waals surface area contributed by atoms with Crippen LogP contribution in [0.1, 0.15) is 134 Å². The van der Waals surface area contributed by atoms with Crippen LogP contribution in [0.15, 0.2) is 127 Å². The molecule has 4 N–H and O–H groups in total. The predicted molar refractivity (Wildman–Crippen MR) is 339 cm³/mol. The number of hydrogen-bond donors (Lipinski definition) is 4. The summed E-state index contributed by atoms with van der Waals surface area (Å²) in [4.78, 5) is 88.1. The molecule has 0 radical (unpaired) electrons. The first-order valence-electron chi connectivity index (χ1n) is 29.5. The average molecular weight is 1250 g/mol. The maximum Gasteiger partial charge on any atom is 0.395 e. The maximum absolute atomic E-state index is 15.0. The lowest BCUT2D eigenvalue weighted by Gasteiger charge is -2.35. The number of carbonyl (C=O) groups excluding carboxylic acids is 5. The Balaban J connectivity index is 0.803. The van der Waals surface area contributed by atoms with Crippen LogP contribution in [0.3, 0.4) is 0 Å². The van der Waals surface area contributed by atoms with E-state index in [1.54, 1.807) is 78.2 Å². The molecule has 5 heterocycles. The normalized spacial score (nSPS) is 16.3. The number of aromatic nitrogens is 3. The number of aliphatic hydroxyl groups excluding tert-OH is 1. The van der Waals surface area contributed by atoms with E-state index >= 15 is 0 Å². The first-order chi connectivity index (χ1) is 42.2. The molecule has 0 saturated carbocycles. The summed E-state index contributed by atoms with van der Waals surface area (Å²) in [6.45, 7) is 16.7. The molecule has 89 heavy (non-hydrogen) atoms. The van der Waals surface area contributed by atoms with Crippen molar-refractivity contribution in [3.63, 3.8) is 0 Å². The second-order valence-corrected chi connectivity index (χ2v) is 26.6. The molecule has 8 aromatic rings. The molecule has 1 fully saturated rings. The van der Waals surface area contributed by atoms with Crippen LogP contribution in [0.25, 0.3) is 31.8 Å². The summed E-state index contributed by atoms with van der Waals surface area (Å²) in [7, 11) is 0. The van der Waals surface area contributed by atoms with Gasteiger partial charge in [-0.2, -0.15) is 13.2 Å². The lowest BCUT2D eigenvalue weighted by molar-refractivity contribution is -0.153. The Morgan fingerprint density at radius 3 is 2.21 bits per heavy atom. The fourth-order valence-corrected chi connectivity index (χ4v) is 13.0. The third-order valence-electron chi connectivity index (χ3n) is 16.0. The van der Waals surface area contributed by atoms with E-state index in [4.69, 9.17) is 14.5 Å². The van der Waals surface area contributed by atoms with Crippen LogP contribution in [-0.2, 0) is 32.1 Å². The number of amides is 4. The zero-order valence-electron chi connectivity index (χ0n) is 51.0. The van der Waals surface area contributed by atoms with Crippen molar-refractivity contribution in [1.82, 2.24) is 30.5 Å². The lowest BCUT2D eigenvalue weighted by atomic mass is 9.85. The summed E-state index contributed by atoms with van der Waals surface area (Å²) >= 11 is 2.92. The van der Waals surface area contributed by atoms with Crippen molar-refractivity contribution in [2.75, 3.05) is 23.3 Å². The van der Waals surface area contributed by atoms with Crippen LogP contribution in [-0.4, -0.2) is 97.6 Å². The number of thiazole rings is 2. The average Bonchev–Trinajstić information content (AvgIpc) is 1.66. The third-order valence-corrected chi connectivity index (χ3v) is 18.0. The number of nitrogens with zero attached hydrogens (tertiary/aromatic N) is 5. The standard InChI is InChI=1S/C68H71F3N8O8S2/c1-38-47(48-28-30-56(75-58(48)64(85)87-67(7,8)9)78-33-32-42-14-12-16-49(50(42)36-78)61(82)77-65-74-52-17-10-11-19-55(52)89-65)15-13-18-54(38)86-46-26-24-43(25-27-46)51(68(69,70)71)29-31-57(81)76-60(66(4,5)6)63(84)79-35-45(80)34-53(79)62(83)73-39(2)41-20-22-44(23-21-41)59-40(3)72-37-88-59/h10-28,30,37,39,45,51,53,60,80H,29,31-36H2,1-9H3,(H,73,83)(H,76,81)(H,74,77,82)/t39-,45+,51?,53-,60?/m0/s1. The molecule has 0 spiro atoms. The van der Waals surface area contributed by atoms with Gasteiger partial charge in [-0.05, 0) is 147 Å². The fourth-order valence-electron chi connectivity index (χ4n) is 11.4. The van der Waals surface area contributed by atoms with E-state index in [-0.39, 0.29) is 35.9 Å². The molecule has 0 aliphatic carbocycles. The van der Waals surface area contributed by atoms with Gasteiger partial charge in [0.15, 0.2) is 10.8 Å². The second-order valence-electron chi connectivity index (χ2n) is 24.7. The van der Waals surface area contributed by atoms with Gasteiger partial charge in [0.05, 0.1) is 44.4 Å². The highest BCUT2D eigenvalue weighted by molar-refractivity contribution is 7.22. The summed E-state index contributed by atoms with van der Waals surface area (Å²) in [5, 5.41) is 19.9. The fraction of sp³-hybridized carbons (Fsp3) is 0.353. The zero-order valence-corrected chi connectivity index (χ0v) is 52.6. The Kier molecular flexibility index (Phi) is 18.5. The SMILES string of the molecule is Cc1ncsc1-c1ccc([C@H](C)NC(=O)[C@@H]2C[C@@H](O)CN2C(=O)C(NC(=O)CCC(c2ccc(Oc3cccc(-c4ccc(N5CCc6cccc(C(=O)Nc7nc8ccccc8s7)c6C5)nc4C(=O)OC(C)(C)C)c3C)cc2)C(F)(F)F)C(C)(C)C)cc1. The highest BCUT2D eigenvalue weighted by atomic mass is 32.1. The summed E-state index contributed by atoms with van der Waals surface area (Å²) in [6.07, 6.45) is -6.43. The Morgan fingerprint density at radius 1 is 0.809 bits per heavy atom. The maximum atomic E-state index is 15.0. The molecule has 5 aromatic carbocycles. The van der Waals surface area contributed by atoms with Gasteiger partial charge in [-0.3, -0.25) is 24.5 Å². The number of halogens is 3. The number of hydrogen-bond acceptors (Lipinski definition) is 14. The van der Waals surface area contributed by atoms with Gasteiger partial charge in [-0.1, -0.05) is 105 Å². The summed E-state index contributed by atoms with van der Waals surface area (Å²) in [6, 6.07) is 32.6. The summed E-state index contributed by atoms with van der Waals surface area (Å²) in [5.41, 5.74) is 7.44. The van der Waals surface area contributed by atoms with Gasteiger partial charge in [0, 0.05) is 43.6 Å². The number of esters is 1. The van der Waals surface area contributed by atoms with Crippen molar-refractivity contribution in [3.8, 4) is 33.1 Å². The quantitative estimate of drug-likeness (QED) is 0.0629.